The molecule has 1 amide bonds. The molecule has 1 saturated heterocycles. The summed E-state index contributed by atoms with van der Waals surface area (Å²) >= 11 is 0. The minimum Gasteiger partial charge on any atom is -0.481 e. The standard InChI is InChI=1S/C12H19NO3/c1-12(2)7-9(12)10(14)13-5-3-8(4-6-13)11(15)16/h8-9H,3-7H2,1-2H3,(H,15,16). The molecule has 4 nitrogen and oxygen atoms in total. The minimum atomic E-state index is -0.723. The van der Waals surface area contributed by atoms with E-state index in [1.54, 1.807) is 0 Å². The number of aliphatic carboxylic acids is 1. The van der Waals surface area contributed by atoms with Gasteiger partial charge in [-0.15, -0.1) is 0 Å². The molecule has 0 aromatic carbocycles. The average Bonchev–Trinajstić information content (AvgIpc) is 2.87. The van der Waals surface area contributed by atoms with E-state index in [0.717, 1.165) is 6.42 Å². The molecule has 1 aliphatic carbocycles. The number of nitrogens with zero attached hydrogens (tertiary/aromatic N) is 1. The highest BCUT2D eigenvalue weighted by molar-refractivity contribution is 5.82. The number of carbonyl (C=O) groups is 2. The third-order valence-corrected chi connectivity index (χ3v) is 3.97. The van der Waals surface area contributed by atoms with Crippen molar-refractivity contribution in [1.29, 1.82) is 0 Å². The molecule has 0 aromatic rings. The molecule has 2 fully saturated rings. The number of carboxylic acid groups (broad SMARTS) is 1. The molecule has 1 heterocycles. The zero-order valence-electron chi connectivity index (χ0n) is 9.90. The monoisotopic (exact) mass is 225 g/mol. The molecule has 1 aliphatic heterocycles. The largest absolute Gasteiger partial charge is 0.481 e. The minimum absolute atomic E-state index is 0.167. The van der Waals surface area contributed by atoms with E-state index in [1.165, 1.54) is 0 Å². The van der Waals surface area contributed by atoms with Gasteiger partial charge >= 0.3 is 5.97 Å². The van der Waals surface area contributed by atoms with Gasteiger partial charge in [-0.2, -0.15) is 0 Å². The molecule has 0 spiro atoms. The van der Waals surface area contributed by atoms with Gasteiger partial charge in [0.2, 0.25) is 5.91 Å². The van der Waals surface area contributed by atoms with Gasteiger partial charge in [0.05, 0.1) is 5.92 Å². The first-order valence-corrected chi connectivity index (χ1v) is 5.93. The van der Waals surface area contributed by atoms with Crippen LogP contribution >= 0.6 is 0 Å². The van der Waals surface area contributed by atoms with Crippen LogP contribution in [0.1, 0.15) is 33.1 Å². The first-order valence-electron chi connectivity index (χ1n) is 5.93. The van der Waals surface area contributed by atoms with Crippen LogP contribution < -0.4 is 0 Å². The summed E-state index contributed by atoms with van der Waals surface area (Å²) in [7, 11) is 0. The fourth-order valence-electron chi connectivity index (χ4n) is 2.46. The van der Waals surface area contributed by atoms with Gasteiger partial charge in [0.1, 0.15) is 0 Å². The Bertz CT molecular complexity index is 316. The Balaban J connectivity index is 1.86. The molecule has 0 bridgehead atoms. The summed E-state index contributed by atoms with van der Waals surface area (Å²) in [4.78, 5) is 24.7. The average molecular weight is 225 g/mol. The SMILES string of the molecule is CC1(C)CC1C(=O)N1CCC(C(=O)O)CC1. The number of amides is 1. The topological polar surface area (TPSA) is 57.6 Å². The number of hydrogen-bond acceptors (Lipinski definition) is 2. The Labute approximate surface area is 95.6 Å². The molecule has 1 N–H and O–H groups in total. The summed E-state index contributed by atoms with van der Waals surface area (Å²) in [6, 6.07) is 0. The molecule has 1 unspecified atom stereocenters. The van der Waals surface area contributed by atoms with Crippen molar-refractivity contribution in [2.45, 2.75) is 33.1 Å². The predicted octanol–water partition coefficient (Wildman–Crippen LogP) is 1.36. The third kappa shape index (κ3) is 2.06. The van der Waals surface area contributed by atoms with E-state index >= 15 is 0 Å². The number of hydrogen-bond donors (Lipinski definition) is 1. The Morgan fingerprint density at radius 1 is 1.25 bits per heavy atom. The smallest absolute Gasteiger partial charge is 0.306 e. The lowest BCUT2D eigenvalue weighted by molar-refractivity contribution is -0.146. The quantitative estimate of drug-likeness (QED) is 0.772. The molecule has 1 atom stereocenters. The zero-order valence-corrected chi connectivity index (χ0v) is 9.90. The molecule has 2 aliphatic rings. The van der Waals surface area contributed by atoms with Gasteiger partial charge in [-0.25, -0.2) is 0 Å². The molecule has 2 rings (SSSR count). The first-order chi connectivity index (χ1) is 7.42. The fourth-order valence-corrected chi connectivity index (χ4v) is 2.46. The van der Waals surface area contributed by atoms with E-state index in [0.29, 0.717) is 25.9 Å². The number of likely N-dealkylation sites (tertiary alicyclic amines) is 1. The second kappa shape index (κ2) is 3.75. The normalized spacial score (nSPS) is 28.9. The van der Waals surface area contributed by atoms with Crippen molar-refractivity contribution in [3.8, 4) is 0 Å². The van der Waals surface area contributed by atoms with Crippen LogP contribution in [-0.2, 0) is 9.59 Å². The number of piperidine rings is 1. The Morgan fingerprint density at radius 3 is 2.12 bits per heavy atom. The molecular formula is C12H19NO3. The summed E-state index contributed by atoms with van der Waals surface area (Å²) in [6.45, 7) is 5.45. The lowest BCUT2D eigenvalue weighted by Gasteiger charge is -2.30. The van der Waals surface area contributed by atoms with Crippen molar-refractivity contribution in [2.75, 3.05) is 13.1 Å². The molecule has 16 heavy (non-hydrogen) atoms. The van der Waals surface area contributed by atoms with Gasteiger partial charge < -0.3 is 10.0 Å². The molecule has 90 valence electrons. The highest BCUT2D eigenvalue weighted by Gasteiger charge is 2.52. The van der Waals surface area contributed by atoms with E-state index in [2.05, 4.69) is 13.8 Å². The molecule has 0 radical (unpaired) electrons. The highest BCUT2D eigenvalue weighted by Crippen LogP contribution is 2.52. The summed E-state index contributed by atoms with van der Waals surface area (Å²) in [6.07, 6.45) is 2.19. The van der Waals surface area contributed by atoms with Crippen LogP contribution in [0.2, 0.25) is 0 Å². The zero-order chi connectivity index (χ0) is 11.9. The van der Waals surface area contributed by atoms with Crippen LogP contribution in [0, 0.1) is 17.3 Å². The lowest BCUT2D eigenvalue weighted by atomic mass is 9.96. The van der Waals surface area contributed by atoms with E-state index in [-0.39, 0.29) is 23.2 Å². The Morgan fingerprint density at radius 2 is 1.75 bits per heavy atom. The summed E-state index contributed by atoms with van der Waals surface area (Å²) < 4.78 is 0. The van der Waals surface area contributed by atoms with Gasteiger partial charge in [-0.05, 0) is 24.7 Å². The van der Waals surface area contributed by atoms with Gasteiger partial charge in [0.25, 0.3) is 0 Å². The maximum Gasteiger partial charge on any atom is 0.306 e. The number of rotatable bonds is 2. The molecular weight excluding hydrogens is 206 g/mol. The van der Waals surface area contributed by atoms with Crippen molar-refractivity contribution in [3.05, 3.63) is 0 Å². The Hall–Kier alpha value is -1.06. The number of carboxylic acids is 1. The lowest BCUT2D eigenvalue weighted by Crippen LogP contribution is -2.41. The molecule has 0 aromatic heterocycles. The second-order valence-electron chi connectivity index (χ2n) is 5.68. The molecule has 4 heteroatoms. The van der Waals surface area contributed by atoms with Crippen LogP contribution in [0.3, 0.4) is 0 Å². The fraction of sp³-hybridized carbons (Fsp3) is 0.833. The summed E-state index contributed by atoms with van der Waals surface area (Å²) in [5, 5.41) is 8.86. The van der Waals surface area contributed by atoms with Gasteiger partial charge in [-0.3, -0.25) is 9.59 Å². The van der Waals surface area contributed by atoms with Crippen molar-refractivity contribution in [1.82, 2.24) is 4.90 Å². The number of carbonyl (C=O) groups excluding carboxylic acids is 1. The van der Waals surface area contributed by atoms with Crippen molar-refractivity contribution in [2.24, 2.45) is 17.3 Å². The van der Waals surface area contributed by atoms with Gasteiger partial charge in [-0.1, -0.05) is 13.8 Å². The highest BCUT2D eigenvalue weighted by atomic mass is 16.4. The maximum absolute atomic E-state index is 12.0. The molecule has 1 saturated carbocycles. The van der Waals surface area contributed by atoms with Gasteiger partial charge in [0.15, 0.2) is 0 Å². The summed E-state index contributed by atoms with van der Waals surface area (Å²) in [5.41, 5.74) is 0.167. The van der Waals surface area contributed by atoms with Crippen LogP contribution in [0.4, 0.5) is 0 Å². The van der Waals surface area contributed by atoms with Crippen molar-refractivity contribution < 1.29 is 14.7 Å². The van der Waals surface area contributed by atoms with Gasteiger partial charge in [0, 0.05) is 19.0 Å². The van der Waals surface area contributed by atoms with E-state index in [4.69, 9.17) is 5.11 Å². The van der Waals surface area contributed by atoms with Crippen molar-refractivity contribution >= 4 is 11.9 Å². The first kappa shape index (κ1) is 11.4. The van der Waals surface area contributed by atoms with E-state index in [9.17, 15) is 9.59 Å². The van der Waals surface area contributed by atoms with Crippen LogP contribution in [0.15, 0.2) is 0 Å². The van der Waals surface area contributed by atoms with E-state index < -0.39 is 5.97 Å². The summed E-state index contributed by atoms with van der Waals surface area (Å²) in [5.74, 6) is -0.571. The van der Waals surface area contributed by atoms with E-state index in [1.807, 2.05) is 4.90 Å². The van der Waals surface area contributed by atoms with Crippen molar-refractivity contribution in [3.63, 3.8) is 0 Å². The predicted molar refractivity (Wildman–Crippen MR) is 58.8 cm³/mol. The van der Waals surface area contributed by atoms with Crippen LogP contribution in [-0.4, -0.2) is 35.0 Å². The second-order valence-corrected chi connectivity index (χ2v) is 5.68. The third-order valence-electron chi connectivity index (χ3n) is 3.97. The van der Waals surface area contributed by atoms with Crippen LogP contribution in [0.5, 0.6) is 0 Å². The Kier molecular flexibility index (Phi) is 2.68. The maximum atomic E-state index is 12.0. The van der Waals surface area contributed by atoms with Crippen LogP contribution in [0.25, 0.3) is 0 Å².